The predicted octanol–water partition coefficient (Wildman–Crippen LogP) is 3.02. The molecule has 1 aliphatic carbocycles. The van der Waals surface area contributed by atoms with Crippen LogP contribution in [0.3, 0.4) is 0 Å². The lowest BCUT2D eigenvalue weighted by molar-refractivity contribution is -0.464. The van der Waals surface area contributed by atoms with Gasteiger partial charge in [0.25, 0.3) is 0 Å². The summed E-state index contributed by atoms with van der Waals surface area (Å²) in [6.45, 7) is 8.11. The zero-order valence-electron chi connectivity index (χ0n) is 10.4. The summed E-state index contributed by atoms with van der Waals surface area (Å²) in [6, 6.07) is 0. The molecule has 15 heavy (non-hydrogen) atoms. The van der Waals surface area contributed by atoms with E-state index < -0.39 is 5.79 Å². The molecule has 0 heterocycles. The van der Waals surface area contributed by atoms with E-state index in [1.54, 1.807) is 0 Å². The number of aliphatic hydroxyl groups is 1. The van der Waals surface area contributed by atoms with Crippen LogP contribution in [0.15, 0.2) is 0 Å². The van der Waals surface area contributed by atoms with Crippen LogP contribution in [0.1, 0.15) is 59.8 Å². The Hall–Kier alpha value is -0.120. The standard InChI is InChI=1S/C12H24O3/c1-10(2)11(3,4)14-15-12(13)8-6-5-7-9-12/h10,13H,5-9H2,1-4H3. The molecule has 0 radical (unpaired) electrons. The fourth-order valence-electron chi connectivity index (χ4n) is 1.47. The second-order valence-electron chi connectivity index (χ2n) is 5.43. The molecule has 1 saturated carbocycles. The van der Waals surface area contributed by atoms with Gasteiger partial charge in [0.15, 0.2) is 5.79 Å². The second kappa shape index (κ2) is 4.81. The largest absolute Gasteiger partial charge is 0.363 e. The summed E-state index contributed by atoms with van der Waals surface area (Å²) in [5.74, 6) is -0.700. The third-order valence-corrected chi connectivity index (χ3v) is 3.44. The first-order valence-corrected chi connectivity index (χ1v) is 5.95. The summed E-state index contributed by atoms with van der Waals surface area (Å²) >= 11 is 0. The van der Waals surface area contributed by atoms with Crippen LogP contribution >= 0.6 is 0 Å². The van der Waals surface area contributed by atoms with Crippen LogP contribution in [-0.2, 0) is 9.78 Å². The molecule has 0 amide bonds. The molecule has 0 bridgehead atoms. The Labute approximate surface area is 92.7 Å². The summed E-state index contributed by atoms with van der Waals surface area (Å²) in [5, 5.41) is 10.1. The maximum atomic E-state index is 10.1. The number of hydrogen-bond acceptors (Lipinski definition) is 3. The van der Waals surface area contributed by atoms with E-state index in [1.807, 2.05) is 13.8 Å². The van der Waals surface area contributed by atoms with Crippen molar-refractivity contribution >= 4 is 0 Å². The fourth-order valence-corrected chi connectivity index (χ4v) is 1.47. The lowest BCUT2D eigenvalue weighted by Gasteiger charge is -2.35. The van der Waals surface area contributed by atoms with Gasteiger partial charge in [0.2, 0.25) is 0 Å². The number of hydrogen-bond donors (Lipinski definition) is 1. The van der Waals surface area contributed by atoms with E-state index in [0.717, 1.165) is 12.8 Å². The highest BCUT2D eigenvalue weighted by Crippen LogP contribution is 2.31. The van der Waals surface area contributed by atoms with E-state index in [1.165, 1.54) is 6.42 Å². The van der Waals surface area contributed by atoms with Crippen molar-refractivity contribution in [1.29, 1.82) is 0 Å². The first-order chi connectivity index (χ1) is 6.86. The maximum absolute atomic E-state index is 10.1. The molecule has 1 N–H and O–H groups in total. The second-order valence-corrected chi connectivity index (χ2v) is 5.43. The molecule has 3 nitrogen and oxygen atoms in total. The Bertz CT molecular complexity index is 193. The van der Waals surface area contributed by atoms with Crippen molar-refractivity contribution in [2.24, 2.45) is 5.92 Å². The molecule has 0 saturated heterocycles. The van der Waals surface area contributed by atoms with Gasteiger partial charge < -0.3 is 5.11 Å². The van der Waals surface area contributed by atoms with Gasteiger partial charge in [-0.05, 0) is 32.6 Å². The average molecular weight is 216 g/mol. The van der Waals surface area contributed by atoms with Crippen molar-refractivity contribution in [1.82, 2.24) is 0 Å². The molecule has 90 valence electrons. The van der Waals surface area contributed by atoms with Gasteiger partial charge in [0.1, 0.15) is 5.60 Å². The minimum atomic E-state index is -1.05. The van der Waals surface area contributed by atoms with E-state index in [2.05, 4.69) is 13.8 Å². The van der Waals surface area contributed by atoms with Crippen molar-refractivity contribution in [2.75, 3.05) is 0 Å². The summed E-state index contributed by atoms with van der Waals surface area (Å²) in [7, 11) is 0. The molecule has 0 aromatic rings. The zero-order chi connectivity index (χ0) is 11.5. The van der Waals surface area contributed by atoms with E-state index in [0.29, 0.717) is 18.8 Å². The Balaban J connectivity index is 2.41. The molecule has 0 unspecified atom stereocenters. The summed E-state index contributed by atoms with van der Waals surface area (Å²) in [4.78, 5) is 10.6. The molecule has 1 aliphatic rings. The molecule has 0 aromatic carbocycles. The lowest BCUT2D eigenvalue weighted by atomic mass is 9.94. The molecule has 0 spiro atoms. The molecule has 0 atom stereocenters. The monoisotopic (exact) mass is 216 g/mol. The topological polar surface area (TPSA) is 38.7 Å². The molecule has 0 aliphatic heterocycles. The predicted molar refractivity (Wildman–Crippen MR) is 59.1 cm³/mol. The Kier molecular flexibility index (Phi) is 4.15. The minimum Gasteiger partial charge on any atom is -0.363 e. The Morgan fingerprint density at radius 2 is 1.67 bits per heavy atom. The van der Waals surface area contributed by atoms with E-state index in [-0.39, 0.29) is 5.60 Å². The van der Waals surface area contributed by atoms with Crippen molar-refractivity contribution in [3.63, 3.8) is 0 Å². The van der Waals surface area contributed by atoms with Crippen LogP contribution in [0.2, 0.25) is 0 Å². The summed E-state index contributed by atoms with van der Waals surface area (Å²) < 4.78 is 0. The summed E-state index contributed by atoms with van der Waals surface area (Å²) in [6.07, 6.45) is 4.57. The van der Waals surface area contributed by atoms with Crippen LogP contribution in [0.5, 0.6) is 0 Å². The average Bonchev–Trinajstić information content (AvgIpc) is 2.16. The van der Waals surface area contributed by atoms with Gasteiger partial charge in [-0.1, -0.05) is 20.3 Å². The van der Waals surface area contributed by atoms with E-state index in [9.17, 15) is 5.11 Å². The summed E-state index contributed by atoms with van der Waals surface area (Å²) in [5.41, 5.74) is -0.354. The highest BCUT2D eigenvalue weighted by atomic mass is 17.2. The molecular weight excluding hydrogens is 192 g/mol. The third kappa shape index (κ3) is 3.74. The van der Waals surface area contributed by atoms with Gasteiger partial charge in [0.05, 0.1) is 0 Å². The Morgan fingerprint density at radius 1 is 1.13 bits per heavy atom. The fraction of sp³-hybridized carbons (Fsp3) is 1.00. The lowest BCUT2D eigenvalue weighted by Crippen LogP contribution is -2.40. The van der Waals surface area contributed by atoms with Crippen molar-refractivity contribution < 1.29 is 14.9 Å². The van der Waals surface area contributed by atoms with Gasteiger partial charge in [-0.2, -0.15) is 0 Å². The molecule has 1 rings (SSSR count). The normalized spacial score (nSPS) is 22.0. The quantitative estimate of drug-likeness (QED) is 0.446. The van der Waals surface area contributed by atoms with Gasteiger partial charge in [-0.15, -0.1) is 0 Å². The molecule has 1 fully saturated rings. The smallest absolute Gasteiger partial charge is 0.199 e. The highest BCUT2D eigenvalue weighted by Gasteiger charge is 2.35. The molecular formula is C12H24O3. The van der Waals surface area contributed by atoms with Gasteiger partial charge in [-0.3, -0.25) is 0 Å². The first-order valence-electron chi connectivity index (χ1n) is 5.95. The van der Waals surface area contributed by atoms with E-state index in [4.69, 9.17) is 9.78 Å². The molecule has 3 heteroatoms. The van der Waals surface area contributed by atoms with Gasteiger partial charge >= 0.3 is 0 Å². The molecule has 0 aromatic heterocycles. The van der Waals surface area contributed by atoms with Gasteiger partial charge in [0, 0.05) is 12.8 Å². The third-order valence-electron chi connectivity index (χ3n) is 3.44. The minimum absolute atomic E-state index is 0.352. The zero-order valence-corrected chi connectivity index (χ0v) is 10.4. The Morgan fingerprint density at radius 3 is 2.13 bits per heavy atom. The van der Waals surface area contributed by atoms with Crippen LogP contribution in [0, 0.1) is 5.92 Å². The van der Waals surface area contributed by atoms with Crippen LogP contribution in [0.4, 0.5) is 0 Å². The van der Waals surface area contributed by atoms with Crippen LogP contribution < -0.4 is 0 Å². The van der Waals surface area contributed by atoms with Crippen molar-refractivity contribution in [2.45, 2.75) is 71.2 Å². The van der Waals surface area contributed by atoms with Crippen molar-refractivity contribution in [3.05, 3.63) is 0 Å². The SMILES string of the molecule is CC(C)C(C)(C)OOC1(O)CCCCC1. The maximum Gasteiger partial charge on any atom is 0.199 e. The van der Waals surface area contributed by atoms with E-state index >= 15 is 0 Å². The van der Waals surface area contributed by atoms with Crippen LogP contribution in [0.25, 0.3) is 0 Å². The number of rotatable bonds is 4. The highest BCUT2D eigenvalue weighted by molar-refractivity contribution is 4.74. The van der Waals surface area contributed by atoms with Gasteiger partial charge in [-0.25, -0.2) is 9.78 Å². The first kappa shape index (κ1) is 12.9. The van der Waals surface area contributed by atoms with Crippen molar-refractivity contribution in [3.8, 4) is 0 Å². The van der Waals surface area contributed by atoms with Crippen LogP contribution in [-0.4, -0.2) is 16.5 Å².